The summed E-state index contributed by atoms with van der Waals surface area (Å²) in [4.78, 5) is 16.8. The van der Waals surface area contributed by atoms with Crippen LogP contribution in [-0.4, -0.2) is 68.0 Å². The minimum atomic E-state index is -4.52. The summed E-state index contributed by atoms with van der Waals surface area (Å²) in [5.41, 5.74) is 0.929. The van der Waals surface area contributed by atoms with Crippen LogP contribution in [-0.2, 0) is 0 Å². The Labute approximate surface area is 216 Å². The number of halogens is 5. The molecule has 1 amide bonds. The fourth-order valence-corrected chi connectivity index (χ4v) is 4.31. The van der Waals surface area contributed by atoms with E-state index in [2.05, 4.69) is 15.4 Å². The van der Waals surface area contributed by atoms with Crippen LogP contribution < -0.4 is 15.0 Å². The fraction of sp³-hybridized carbons (Fsp3) is 0.385. The van der Waals surface area contributed by atoms with Gasteiger partial charge < -0.3 is 19.5 Å². The van der Waals surface area contributed by atoms with Gasteiger partial charge in [0.15, 0.2) is 6.61 Å². The smallest absolute Gasteiger partial charge is 0.422 e. The predicted octanol–water partition coefficient (Wildman–Crippen LogP) is 4.81. The molecule has 0 bridgehead atoms. The Hall–Kier alpha value is -3.67. The first-order valence-electron chi connectivity index (χ1n) is 12.1. The first-order chi connectivity index (χ1) is 18.1. The highest BCUT2D eigenvalue weighted by molar-refractivity contribution is 6.00. The van der Waals surface area contributed by atoms with Gasteiger partial charge in [0.2, 0.25) is 0 Å². The zero-order chi connectivity index (χ0) is 27.3. The highest BCUT2D eigenvalue weighted by Crippen LogP contribution is 2.32. The van der Waals surface area contributed by atoms with Crippen LogP contribution in [0.15, 0.2) is 47.0 Å². The second-order valence-electron chi connectivity index (χ2n) is 8.90. The van der Waals surface area contributed by atoms with E-state index in [1.54, 1.807) is 19.1 Å². The molecule has 3 aromatic rings. The number of anilines is 1. The van der Waals surface area contributed by atoms with Gasteiger partial charge in [-0.1, -0.05) is 17.3 Å². The average molecular weight is 539 g/mol. The van der Waals surface area contributed by atoms with Crippen molar-refractivity contribution in [1.29, 1.82) is 0 Å². The molecule has 12 heteroatoms. The molecule has 0 saturated carbocycles. The largest absolute Gasteiger partial charge is 0.482 e. The molecule has 7 nitrogen and oxygen atoms in total. The first-order valence-corrected chi connectivity index (χ1v) is 12.1. The number of carbonyl (C=O) groups is 1. The standard InChI is InChI=1S/C26H27F5N4O3/c1-17-23(24(33-38-17)19-5-2-3-6-20(19)28)25(36)32-9-4-10-34-11-13-35(14-12-34)21-8-7-18(27)15-22(21)37-16-26(29,30)31/h2-3,5-8,15H,4,9-14,16H2,1H3,(H,32,36). The molecule has 4 rings (SSSR count). The summed E-state index contributed by atoms with van der Waals surface area (Å²) in [6.07, 6.45) is -3.88. The lowest BCUT2D eigenvalue weighted by Gasteiger charge is -2.36. The molecule has 2 aromatic carbocycles. The number of nitrogens with one attached hydrogen (secondary N) is 1. The molecular weight excluding hydrogens is 511 g/mol. The molecule has 1 fully saturated rings. The Morgan fingerprint density at radius 3 is 2.55 bits per heavy atom. The summed E-state index contributed by atoms with van der Waals surface area (Å²) in [5.74, 6) is -1.44. The molecule has 0 aliphatic carbocycles. The zero-order valence-electron chi connectivity index (χ0n) is 20.7. The fourth-order valence-electron chi connectivity index (χ4n) is 4.31. The van der Waals surface area contributed by atoms with Gasteiger partial charge in [-0.2, -0.15) is 13.2 Å². The molecule has 204 valence electrons. The summed E-state index contributed by atoms with van der Waals surface area (Å²) in [6, 6.07) is 9.59. The molecule has 0 unspecified atom stereocenters. The van der Waals surface area contributed by atoms with Crippen molar-refractivity contribution < 1.29 is 36.0 Å². The van der Waals surface area contributed by atoms with Crippen molar-refractivity contribution in [2.24, 2.45) is 0 Å². The number of benzene rings is 2. The van der Waals surface area contributed by atoms with E-state index in [0.717, 1.165) is 6.07 Å². The number of aromatic nitrogens is 1. The molecule has 0 atom stereocenters. The van der Waals surface area contributed by atoms with E-state index in [9.17, 15) is 26.7 Å². The van der Waals surface area contributed by atoms with E-state index in [-0.39, 0.29) is 28.3 Å². The van der Waals surface area contributed by atoms with Gasteiger partial charge in [-0.05, 0) is 44.2 Å². The summed E-state index contributed by atoms with van der Waals surface area (Å²) < 4.78 is 75.6. The topological polar surface area (TPSA) is 70.8 Å². The molecule has 2 heterocycles. The van der Waals surface area contributed by atoms with Gasteiger partial charge in [0.25, 0.3) is 5.91 Å². The maximum Gasteiger partial charge on any atom is 0.422 e. The van der Waals surface area contributed by atoms with Gasteiger partial charge in [-0.25, -0.2) is 8.78 Å². The number of hydrogen-bond acceptors (Lipinski definition) is 6. The van der Waals surface area contributed by atoms with Crippen molar-refractivity contribution in [1.82, 2.24) is 15.4 Å². The quantitative estimate of drug-likeness (QED) is 0.312. The maximum absolute atomic E-state index is 14.2. The van der Waals surface area contributed by atoms with Crippen LogP contribution >= 0.6 is 0 Å². The summed E-state index contributed by atoms with van der Waals surface area (Å²) in [7, 11) is 0. The number of piperazine rings is 1. The number of ether oxygens (including phenoxy) is 1. The van der Waals surface area contributed by atoms with Gasteiger partial charge in [0.1, 0.15) is 34.4 Å². The molecule has 1 aromatic heterocycles. The first kappa shape index (κ1) is 27.4. The second-order valence-corrected chi connectivity index (χ2v) is 8.90. The molecule has 1 aliphatic rings. The number of hydrogen-bond donors (Lipinski definition) is 1. The number of amides is 1. The normalized spacial score (nSPS) is 14.5. The number of rotatable bonds is 9. The molecule has 1 aliphatic heterocycles. The van der Waals surface area contributed by atoms with Crippen LogP contribution in [0.3, 0.4) is 0 Å². The van der Waals surface area contributed by atoms with Crippen LogP contribution in [0.5, 0.6) is 5.75 Å². The van der Waals surface area contributed by atoms with E-state index < -0.39 is 30.3 Å². The maximum atomic E-state index is 14.2. The third-order valence-electron chi connectivity index (χ3n) is 6.18. The van der Waals surface area contributed by atoms with Crippen LogP contribution in [0.4, 0.5) is 27.6 Å². The van der Waals surface area contributed by atoms with E-state index >= 15 is 0 Å². The SMILES string of the molecule is Cc1onc(-c2ccccc2F)c1C(=O)NCCCN1CCN(c2ccc(F)cc2OCC(F)(F)F)CC1. The second kappa shape index (κ2) is 11.8. The Kier molecular flexibility index (Phi) is 8.50. The Morgan fingerprint density at radius 1 is 1.11 bits per heavy atom. The lowest BCUT2D eigenvalue weighted by atomic mass is 10.1. The monoisotopic (exact) mass is 538 g/mol. The minimum absolute atomic E-state index is 0.141. The third-order valence-corrected chi connectivity index (χ3v) is 6.18. The lowest BCUT2D eigenvalue weighted by Crippen LogP contribution is -2.47. The van der Waals surface area contributed by atoms with Crippen molar-refractivity contribution in [3.8, 4) is 17.0 Å². The summed E-state index contributed by atoms with van der Waals surface area (Å²) in [6.45, 7) is 3.44. The minimum Gasteiger partial charge on any atom is -0.482 e. The van der Waals surface area contributed by atoms with E-state index in [1.165, 1.54) is 24.3 Å². The Morgan fingerprint density at radius 2 is 1.84 bits per heavy atom. The number of carbonyl (C=O) groups excluding carboxylic acids is 1. The highest BCUT2D eigenvalue weighted by Gasteiger charge is 2.30. The Balaban J connectivity index is 1.26. The third kappa shape index (κ3) is 6.80. The number of aryl methyl sites for hydroxylation is 1. The van der Waals surface area contributed by atoms with Gasteiger partial charge in [0, 0.05) is 44.4 Å². The summed E-state index contributed by atoms with van der Waals surface area (Å²) in [5, 5.41) is 6.69. The average Bonchev–Trinajstić information content (AvgIpc) is 3.27. The summed E-state index contributed by atoms with van der Waals surface area (Å²) >= 11 is 0. The van der Waals surface area contributed by atoms with Crippen LogP contribution in [0, 0.1) is 18.6 Å². The highest BCUT2D eigenvalue weighted by atomic mass is 19.4. The number of nitrogens with zero attached hydrogens (tertiary/aromatic N) is 3. The van der Waals surface area contributed by atoms with Gasteiger partial charge in [-0.3, -0.25) is 9.69 Å². The van der Waals surface area contributed by atoms with E-state index in [0.29, 0.717) is 51.4 Å². The predicted molar refractivity (Wildman–Crippen MR) is 130 cm³/mol. The van der Waals surface area contributed by atoms with Gasteiger partial charge in [-0.15, -0.1) is 0 Å². The molecule has 0 spiro atoms. The molecule has 1 N–H and O–H groups in total. The van der Waals surface area contributed by atoms with E-state index in [1.807, 2.05) is 4.90 Å². The van der Waals surface area contributed by atoms with Crippen molar-refractivity contribution in [3.05, 3.63) is 65.4 Å². The van der Waals surface area contributed by atoms with Crippen LogP contribution in [0.25, 0.3) is 11.3 Å². The van der Waals surface area contributed by atoms with Crippen molar-refractivity contribution >= 4 is 11.6 Å². The van der Waals surface area contributed by atoms with Gasteiger partial charge >= 0.3 is 6.18 Å². The van der Waals surface area contributed by atoms with E-state index in [4.69, 9.17) is 9.26 Å². The number of alkyl halides is 3. The van der Waals surface area contributed by atoms with Crippen LogP contribution in [0.1, 0.15) is 22.5 Å². The molecular formula is C26H27F5N4O3. The van der Waals surface area contributed by atoms with Crippen molar-refractivity contribution in [2.45, 2.75) is 19.5 Å². The molecule has 0 radical (unpaired) electrons. The zero-order valence-corrected chi connectivity index (χ0v) is 20.7. The Bertz CT molecular complexity index is 1260. The van der Waals surface area contributed by atoms with Crippen molar-refractivity contribution in [2.75, 3.05) is 50.8 Å². The van der Waals surface area contributed by atoms with Crippen molar-refractivity contribution in [3.63, 3.8) is 0 Å². The van der Waals surface area contributed by atoms with Gasteiger partial charge in [0.05, 0.1) is 5.69 Å². The molecule has 38 heavy (non-hydrogen) atoms. The molecule has 1 saturated heterocycles. The lowest BCUT2D eigenvalue weighted by molar-refractivity contribution is -0.153. The van der Waals surface area contributed by atoms with Crippen LogP contribution in [0.2, 0.25) is 0 Å².